The van der Waals surface area contributed by atoms with Gasteiger partial charge in [0.15, 0.2) is 0 Å². The minimum atomic E-state index is 0.0529. The molecule has 0 aliphatic carbocycles. The SMILES string of the molecule is CN(C)C(=O)N1C[C@@H]2CC[C@H](C1)N(C(=O)c1ccc(N3CCCCC3)cc1)C2. The molecule has 152 valence electrons. The molecule has 5 rings (SSSR count). The third-order valence-electron chi connectivity index (χ3n) is 6.46. The van der Waals surface area contributed by atoms with E-state index in [2.05, 4.69) is 17.0 Å². The maximum atomic E-state index is 13.2. The molecule has 0 aromatic heterocycles. The van der Waals surface area contributed by atoms with E-state index < -0.39 is 0 Å². The van der Waals surface area contributed by atoms with Gasteiger partial charge in [-0.05, 0) is 62.3 Å². The molecule has 6 nitrogen and oxygen atoms in total. The normalized spacial score (nSPS) is 24.9. The second-order valence-corrected chi connectivity index (χ2v) is 8.73. The lowest BCUT2D eigenvalue weighted by molar-refractivity contribution is 0.0586. The van der Waals surface area contributed by atoms with E-state index in [4.69, 9.17) is 0 Å². The fourth-order valence-electron chi connectivity index (χ4n) is 4.90. The maximum absolute atomic E-state index is 13.2. The summed E-state index contributed by atoms with van der Waals surface area (Å²) in [7, 11) is 3.59. The van der Waals surface area contributed by atoms with Crippen LogP contribution in [0.15, 0.2) is 24.3 Å². The third kappa shape index (κ3) is 3.82. The molecule has 0 unspecified atom stereocenters. The zero-order valence-corrected chi connectivity index (χ0v) is 17.1. The van der Waals surface area contributed by atoms with Crippen molar-refractivity contribution < 1.29 is 9.59 Å². The predicted octanol–water partition coefficient (Wildman–Crippen LogP) is 2.89. The van der Waals surface area contributed by atoms with Gasteiger partial charge in [0, 0.05) is 64.1 Å². The van der Waals surface area contributed by atoms with Gasteiger partial charge in [0.2, 0.25) is 0 Å². The fraction of sp³-hybridized carbons (Fsp3) is 0.636. The van der Waals surface area contributed by atoms with Crippen molar-refractivity contribution in [3.05, 3.63) is 29.8 Å². The molecule has 0 saturated carbocycles. The van der Waals surface area contributed by atoms with Crippen LogP contribution in [0.3, 0.4) is 0 Å². The van der Waals surface area contributed by atoms with Crippen LogP contribution < -0.4 is 4.90 Å². The molecule has 1 aromatic rings. The Morgan fingerprint density at radius 1 is 0.929 bits per heavy atom. The molecule has 2 atom stereocenters. The fourth-order valence-corrected chi connectivity index (χ4v) is 4.90. The predicted molar refractivity (Wildman–Crippen MR) is 111 cm³/mol. The Kier molecular flexibility index (Phi) is 5.47. The van der Waals surface area contributed by atoms with Crippen molar-refractivity contribution in [1.29, 1.82) is 0 Å². The number of hydrogen-bond donors (Lipinski definition) is 0. The van der Waals surface area contributed by atoms with Crippen molar-refractivity contribution in [2.45, 2.75) is 38.1 Å². The summed E-state index contributed by atoms with van der Waals surface area (Å²) in [5.41, 5.74) is 1.98. The molecule has 6 heteroatoms. The first-order valence-electron chi connectivity index (χ1n) is 10.6. The Bertz CT molecular complexity index is 712. The number of urea groups is 1. The van der Waals surface area contributed by atoms with Gasteiger partial charge < -0.3 is 19.6 Å². The van der Waals surface area contributed by atoms with Crippen molar-refractivity contribution in [3.8, 4) is 0 Å². The number of benzene rings is 1. The van der Waals surface area contributed by atoms with Crippen molar-refractivity contribution in [2.24, 2.45) is 5.92 Å². The molecule has 4 saturated heterocycles. The highest BCUT2D eigenvalue weighted by molar-refractivity contribution is 5.95. The van der Waals surface area contributed by atoms with E-state index >= 15 is 0 Å². The zero-order valence-electron chi connectivity index (χ0n) is 17.1. The summed E-state index contributed by atoms with van der Waals surface area (Å²) >= 11 is 0. The minimum absolute atomic E-state index is 0.0529. The van der Waals surface area contributed by atoms with Gasteiger partial charge in [-0.15, -0.1) is 0 Å². The Morgan fingerprint density at radius 2 is 1.64 bits per heavy atom. The number of anilines is 1. The molecule has 4 aliphatic heterocycles. The van der Waals surface area contributed by atoms with E-state index in [1.807, 2.05) is 21.9 Å². The lowest BCUT2D eigenvalue weighted by Crippen LogP contribution is -2.48. The molecule has 0 N–H and O–H groups in total. The van der Waals surface area contributed by atoms with E-state index in [0.717, 1.165) is 44.6 Å². The third-order valence-corrected chi connectivity index (χ3v) is 6.46. The van der Waals surface area contributed by atoms with Crippen molar-refractivity contribution >= 4 is 17.6 Å². The lowest BCUT2D eigenvalue weighted by atomic mass is 9.94. The molecule has 4 aliphatic rings. The standard InChI is InChI=1S/C22H32N4O2/c1-23(2)22(28)25-14-17-6-9-20(16-25)26(15-17)21(27)18-7-10-19(11-8-18)24-12-4-3-5-13-24/h7-8,10-11,17,20H,3-6,9,12-16H2,1-2H3/t17-,20+/m0/s1. The summed E-state index contributed by atoms with van der Waals surface area (Å²) in [6, 6.07) is 8.32. The second-order valence-electron chi connectivity index (χ2n) is 8.73. The Labute approximate surface area is 168 Å². The van der Waals surface area contributed by atoms with Crippen LogP contribution in [0.2, 0.25) is 0 Å². The zero-order chi connectivity index (χ0) is 19.7. The lowest BCUT2D eigenvalue weighted by Gasteiger charge is -2.36. The summed E-state index contributed by atoms with van der Waals surface area (Å²) in [4.78, 5) is 33.7. The van der Waals surface area contributed by atoms with E-state index in [0.29, 0.717) is 12.5 Å². The van der Waals surface area contributed by atoms with Gasteiger partial charge in [-0.1, -0.05) is 0 Å². The van der Waals surface area contributed by atoms with Crippen molar-refractivity contribution in [3.63, 3.8) is 0 Å². The molecule has 4 heterocycles. The maximum Gasteiger partial charge on any atom is 0.319 e. The first-order chi connectivity index (χ1) is 13.5. The van der Waals surface area contributed by atoms with E-state index in [1.54, 1.807) is 19.0 Å². The topological polar surface area (TPSA) is 47.1 Å². The van der Waals surface area contributed by atoms with Crippen LogP contribution in [0.1, 0.15) is 42.5 Å². The molecule has 0 radical (unpaired) electrons. The number of hydrogen-bond acceptors (Lipinski definition) is 3. The van der Waals surface area contributed by atoms with Crippen molar-refractivity contribution in [2.75, 3.05) is 51.7 Å². The largest absolute Gasteiger partial charge is 0.372 e. The van der Waals surface area contributed by atoms with Crippen LogP contribution in [0.5, 0.6) is 0 Å². The number of fused-ring (bicyclic) bond motifs is 4. The number of nitrogens with zero attached hydrogens (tertiary/aromatic N) is 4. The second kappa shape index (κ2) is 8.02. The number of piperidine rings is 2. The number of carbonyl (C=O) groups is 2. The summed E-state index contributed by atoms with van der Waals surface area (Å²) in [6.07, 6.45) is 5.90. The summed E-state index contributed by atoms with van der Waals surface area (Å²) in [6.45, 7) is 4.38. The van der Waals surface area contributed by atoms with Gasteiger partial charge in [0.05, 0.1) is 0 Å². The van der Waals surface area contributed by atoms with Gasteiger partial charge in [-0.3, -0.25) is 4.79 Å². The van der Waals surface area contributed by atoms with Crippen LogP contribution in [-0.2, 0) is 0 Å². The van der Waals surface area contributed by atoms with Gasteiger partial charge in [0.25, 0.3) is 5.91 Å². The van der Waals surface area contributed by atoms with Crippen LogP contribution in [-0.4, -0.2) is 79.5 Å². The van der Waals surface area contributed by atoms with Gasteiger partial charge in [0.1, 0.15) is 0 Å². The highest BCUT2D eigenvalue weighted by Crippen LogP contribution is 2.30. The molecule has 2 bridgehead atoms. The molecular weight excluding hydrogens is 352 g/mol. The van der Waals surface area contributed by atoms with Crippen LogP contribution in [0.25, 0.3) is 0 Å². The number of carbonyl (C=O) groups excluding carboxylic acids is 2. The first kappa shape index (κ1) is 19.1. The molecule has 4 fully saturated rings. The Balaban J connectivity index is 1.46. The van der Waals surface area contributed by atoms with E-state index in [1.165, 1.54) is 24.9 Å². The van der Waals surface area contributed by atoms with Crippen molar-refractivity contribution in [1.82, 2.24) is 14.7 Å². The van der Waals surface area contributed by atoms with Crippen LogP contribution >= 0.6 is 0 Å². The Morgan fingerprint density at radius 3 is 2.32 bits per heavy atom. The molecule has 28 heavy (non-hydrogen) atoms. The summed E-state index contributed by atoms with van der Waals surface area (Å²) in [5, 5.41) is 0. The molecule has 1 aromatic carbocycles. The first-order valence-corrected chi connectivity index (χ1v) is 10.6. The minimum Gasteiger partial charge on any atom is -0.372 e. The highest BCUT2D eigenvalue weighted by atomic mass is 16.2. The Hall–Kier alpha value is -2.24. The highest BCUT2D eigenvalue weighted by Gasteiger charge is 2.39. The number of amides is 3. The average Bonchev–Trinajstić information content (AvgIpc) is 3.05. The summed E-state index contributed by atoms with van der Waals surface area (Å²) in [5.74, 6) is 0.485. The van der Waals surface area contributed by atoms with E-state index in [-0.39, 0.29) is 18.0 Å². The van der Waals surface area contributed by atoms with Gasteiger partial charge in [-0.25, -0.2) is 4.79 Å². The molecule has 3 amide bonds. The average molecular weight is 385 g/mol. The quantitative estimate of drug-likeness (QED) is 0.788. The molecular formula is C22H32N4O2. The molecule has 0 spiro atoms. The van der Waals surface area contributed by atoms with Gasteiger partial charge in [-0.2, -0.15) is 0 Å². The monoisotopic (exact) mass is 384 g/mol. The smallest absolute Gasteiger partial charge is 0.319 e. The summed E-state index contributed by atoms with van der Waals surface area (Å²) < 4.78 is 0. The van der Waals surface area contributed by atoms with Crippen LogP contribution in [0.4, 0.5) is 10.5 Å². The van der Waals surface area contributed by atoms with Crippen LogP contribution in [0, 0.1) is 5.92 Å². The van der Waals surface area contributed by atoms with E-state index in [9.17, 15) is 9.59 Å². The van der Waals surface area contributed by atoms with Gasteiger partial charge >= 0.3 is 6.03 Å². The number of rotatable bonds is 2.